The Labute approximate surface area is 120 Å². The molecular weight excluding hydrogens is 315 g/mol. The Balaban J connectivity index is 2.28. The first-order valence-corrected chi connectivity index (χ1v) is 6.93. The van der Waals surface area contributed by atoms with Gasteiger partial charge in [-0.1, -0.05) is 0 Å². The van der Waals surface area contributed by atoms with Gasteiger partial charge in [-0.2, -0.15) is 0 Å². The highest BCUT2D eigenvalue weighted by Gasteiger charge is 2.25. The zero-order chi connectivity index (χ0) is 14.5. The van der Waals surface area contributed by atoms with E-state index in [0.29, 0.717) is 23.2 Å². The molecule has 0 atom stereocenters. The molecule has 106 valence electrons. The Morgan fingerprint density at radius 1 is 1.42 bits per heavy atom. The summed E-state index contributed by atoms with van der Waals surface area (Å²) in [7, 11) is 0. The Hall–Kier alpha value is -1.10. The van der Waals surface area contributed by atoms with E-state index in [0.717, 1.165) is 12.8 Å². The van der Waals surface area contributed by atoms with Crippen molar-refractivity contribution in [3.8, 4) is 5.75 Å². The molecule has 0 bridgehead atoms. The first-order chi connectivity index (χ1) is 8.83. The van der Waals surface area contributed by atoms with E-state index in [2.05, 4.69) is 15.9 Å². The van der Waals surface area contributed by atoms with Crippen LogP contribution in [0.3, 0.4) is 0 Å². The van der Waals surface area contributed by atoms with Gasteiger partial charge in [0.1, 0.15) is 11.6 Å². The highest BCUT2D eigenvalue weighted by Crippen LogP contribution is 2.24. The lowest BCUT2D eigenvalue weighted by Crippen LogP contribution is -2.23. The number of aliphatic carboxylic acids is 1. The summed E-state index contributed by atoms with van der Waals surface area (Å²) in [5, 5.41) is 8.95. The van der Waals surface area contributed by atoms with E-state index in [1.165, 1.54) is 6.07 Å². The van der Waals surface area contributed by atoms with Gasteiger partial charge in [0.15, 0.2) is 0 Å². The number of benzene rings is 1. The predicted octanol–water partition coefficient (Wildman–Crippen LogP) is 4.25. The maximum absolute atomic E-state index is 13.2. The first kappa shape index (κ1) is 16.0. The van der Waals surface area contributed by atoms with Crippen molar-refractivity contribution in [2.24, 2.45) is 5.41 Å². The lowest BCUT2D eigenvalue weighted by molar-refractivity contribution is -0.147. The summed E-state index contributed by atoms with van der Waals surface area (Å²) in [5.41, 5.74) is -0.705. The molecular formula is C14H18BrFO3. The number of unbranched alkanes of at least 4 members (excludes halogenated alkanes) is 1. The number of halogens is 2. The number of carboxylic acid groups (broad SMARTS) is 1. The molecule has 0 saturated heterocycles. The minimum Gasteiger partial charge on any atom is -0.493 e. The molecule has 0 saturated carbocycles. The summed E-state index contributed by atoms with van der Waals surface area (Å²) in [5.74, 6) is -0.661. The molecule has 1 aromatic rings. The number of rotatable bonds is 7. The largest absolute Gasteiger partial charge is 0.493 e. The van der Waals surface area contributed by atoms with Gasteiger partial charge in [0.2, 0.25) is 0 Å². The molecule has 0 aliphatic heterocycles. The molecule has 0 amide bonds. The summed E-state index contributed by atoms with van der Waals surface area (Å²) in [4.78, 5) is 10.9. The maximum atomic E-state index is 13.2. The van der Waals surface area contributed by atoms with Crippen LogP contribution in [0.2, 0.25) is 0 Å². The molecule has 0 heterocycles. The highest BCUT2D eigenvalue weighted by atomic mass is 79.9. The molecule has 0 aliphatic carbocycles. The van der Waals surface area contributed by atoms with E-state index >= 15 is 0 Å². The molecule has 0 aromatic heterocycles. The van der Waals surface area contributed by atoms with Gasteiger partial charge in [-0.25, -0.2) is 4.39 Å². The van der Waals surface area contributed by atoms with Crippen LogP contribution in [0.4, 0.5) is 4.39 Å². The van der Waals surface area contributed by atoms with E-state index in [4.69, 9.17) is 9.84 Å². The van der Waals surface area contributed by atoms with Gasteiger partial charge in [0, 0.05) is 6.07 Å². The van der Waals surface area contributed by atoms with Crippen molar-refractivity contribution in [1.82, 2.24) is 0 Å². The Morgan fingerprint density at radius 3 is 2.68 bits per heavy atom. The van der Waals surface area contributed by atoms with Gasteiger partial charge in [-0.05, 0) is 61.2 Å². The molecule has 5 heteroatoms. The summed E-state index contributed by atoms with van der Waals surface area (Å²) in [6.45, 7) is 3.87. The van der Waals surface area contributed by atoms with Crippen LogP contribution in [0.25, 0.3) is 0 Å². The molecule has 0 aliphatic rings. The zero-order valence-corrected chi connectivity index (χ0v) is 12.7. The van der Waals surface area contributed by atoms with E-state index in [-0.39, 0.29) is 5.82 Å². The highest BCUT2D eigenvalue weighted by molar-refractivity contribution is 9.10. The van der Waals surface area contributed by atoms with Crippen LogP contribution >= 0.6 is 15.9 Å². The fraction of sp³-hybridized carbons (Fsp3) is 0.500. The average molecular weight is 333 g/mol. The number of carbonyl (C=O) groups is 1. The van der Waals surface area contributed by atoms with Gasteiger partial charge in [-0.3, -0.25) is 4.79 Å². The Bertz CT molecular complexity index is 446. The quantitative estimate of drug-likeness (QED) is 0.759. The molecule has 19 heavy (non-hydrogen) atoms. The van der Waals surface area contributed by atoms with Crippen molar-refractivity contribution in [2.75, 3.05) is 6.61 Å². The monoisotopic (exact) mass is 332 g/mol. The molecule has 3 nitrogen and oxygen atoms in total. The predicted molar refractivity (Wildman–Crippen MR) is 74.9 cm³/mol. The summed E-state index contributed by atoms with van der Waals surface area (Å²) in [6.07, 6.45) is 2.10. The second-order valence-corrected chi connectivity index (χ2v) is 5.92. The van der Waals surface area contributed by atoms with Crippen LogP contribution in [0, 0.1) is 11.2 Å². The van der Waals surface area contributed by atoms with Crippen LogP contribution in [-0.2, 0) is 4.79 Å². The number of hydrogen-bond donors (Lipinski definition) is 1. The van der Waals surface area contributed by atoms with Crippen LogP contribution in [0.1, 0.15) is 33.1 Å². The van der Waals surface area contributed by atoms with Crippen molar-refractivity contribution in [1.29, 1.82) is 0 Å². The SMILES string of the molecule is CC(C)(CCCCOc1ccc(Br)c(F)c1)C(=O)O. The van der Waals surface area contributed by atoms with Crippen molar-refractivity contribution in [2.45, 2.75) is 33.1 Å². The molecule has 0 unspecified atom stereocenters. The standard InChI is InChI=1S/C14H18BrFO3/c1-14(2,13(17)18)7-3-4-8-19-10-5-6-11(15)12(16)9-10/h5-6,9H,3-4,7-8H2,1-2H3,(H,17,18). The molecule has 1 rings (SSSR count). The second-order valence-electron chi connectivity index (χ2n) is 5.07. The minimum atomic E-state index is -0.789. The zero-order valence-electron chi connectivity index (χ0n) is 11.1. The summed E-state index contributed by atoms with van der Waals surface area (Å²) < 4.78 is 19.0. The third-order valence-corrected chi connectivity index (χ3v) is 3.58. The van der Waals surface area contributed by atoms with Crippen LogP contribution in [0.5, 0.6) is 5.75 Å². The molecule has 0 spiro atoms. The van der Waals surface area contributed by atoms with Gasteiger partial charge in [0.05, 0.1) is 16.5 Å². The summed E-state index contributed by atoms with van der Waals surface area (Å²) >= 11 is 3.07. The topological polar surface area (TPSA) is 46.5 Å². The van der Waals surface area contributed by atoms with Gasteiger partial charge in [-0.15, -0.1) is 0 Å². The third-order valence-electron chi connectivity index (χ3n) is 2.93. The average Bonchev–Trinajstić information content (AvgIpc) is 2.33. The van der Waals surface area contributed by atoms with Crippen molar-refractivity contribution in [3.05, 3.63) is 28.5 Å². The second kappa shape index (κ2) is 6.89. The third kappa shape index (κ3) is 5.19. The molecule has 1 N–H and O–H groups in total. The smallest absolute Gasteiger partial charge is 0.309 e. The summed E-state index contributed by atoms with van der Waals surface area (Å²) in [6, 6.07) is 4.61. The number of carboxylic acids is 1. The van der Waals surface area contributed by atoms with E-state index in [1.807, 2.05) is 0 Å². The fourth-order valence-corrected chi connectivity index (χ4v) is 1.78. The molecule has 1 aromatic carbocycles. The maximum Gasteiger partial charge on any atom is 0.309 e. The van der Waals surface area contributed by atoms with Crippen LogP contribution in [0.15, 0.2) is 22.7 Å². The van der Waals surface area contributed by atoms with E-state index in [9.17, 15) is 9.18 Å². The Morgan fingerprint density at radius 2 is 2.11 bits per heavy atom. The van der Waals surface area contributed by atoms with Crippen LogP contribution < -0.4 is 4.74 Å². The van der Waals surface area contributed by atoms with E-state index in [1.54, 1.807) is 26.0 Å². The number of ether oxygens (including phenoxy) is 1. The van der Waals surface area contributed by atoms with Gasteiger partial charge < -0.3 is 9.84 Å². The van der Waals surface area contributed by atoms with E-state index < -0.39 is 11.4 Å². The fourth-order valence-electron chi connectivity index (χ4n) is 1.53. The molecule has 0 fully saturated rings. The minimum absolute atomic E-state index is 0.357. The van der Waals surface area contributed by atoms with Crippen LogP contribution in [-0.4, -0.2) is 17.7 Å². The van der Waals surface area contributed by atoms with Crippen molar-refractivity contribution in [3.63, 3.8) is 0 Å². The van der Waals surface area contributed by atoms with Gasteiger partial charge in [0.25, 0.3) is 0 Å². The normalized spacial score (nSPS) is 11.4. The number of hydrogen-bond acceptors (Lipinski definition) is 2. The van der Waals surface area contributed by atoms with Crippen molar-refractivity contribution >= 4 is 21.9 Å². The lowest BCUT2D eigenvalue weighted by Gasteiger charge is -2.18. The van der Waals surface area contributed by atoms with Gasteiger partial charge >= 0.3 is 5.97 Å². The Kier molecular flexibility index (Phi) is 5.79. The lowest BCUT2D eigenvalue weighted by atomic mass is 9.87. The first-order valence-electron chi connectivity index (χ1n) is 6.14. The molecule has 0 radical (unpaired) electrons. The van der Waals surface area contributed by atoms with Crippen molar-refractivity contribution < 1.29 is 19.0 Å².